The molecule has 130 valence electrons. The van der Waals surface area contributed by atoms with Crippen molar-refractivity contribution in [3.05, 3.63) is 53.1 Å². The molecule has 1 amide bonds. The van der Waals surface area contributed by atoms with E-state index in [1.54, 1.807) is 14.2 Å². The van der Waals surface area contributed by atoms with Crippen LogP contribution in [0.3, 0.4) is 0 Å². The van der Waals surface area contributed by atoms with Crippen LogP contribution in [0.2, 0.25) is 0 Å². The van der Waals surface area contributed by atoms with Gasteiger partial charge in [-0.15, -0.1) is 0 Å². The normalized spacial score (nSPS) is 14.8. The maximum Gasteiger partial charge on any atom is 0.258 e. The predicted octanol–water partition coefficient (Wildman–Crippen LogP) is 4.31. The zero-order chi connectivity index (χ0) is 18.0. The number of rotatable bonds is 5. The first kappa shape index (κ1) is 17.1. The number of hydrogen-bond acceptors (Lipinski definition) is 3. The Morgan fingerprint density at radius 3 is 2.52 bits per heavy atom. The number of ether oxygens (including phenoxy) is 2. The summed E-state index contributed by atoms with van der Waals surface area (Å²) < 4.78 is 10.9. The van der Waals surface area contributed by atoms with Crippen LogP contribution in [0.1, 0.15) is 30.0 Å². The van der Waals surface area contributed by atoms with Crippen molar-refractivity contribution < 1.29 is 14.3 Å². The SMILES string of the molecule is CCCN1C(=O)/C(=C\c2ccc(OC)c(C)c2OC)c2ccccc21. The first-order valence-electron chi connectivity index (χ1n) is 8.46. The summed E-state index contributed by atoms with van der Waals surface area (Å²) >= 11 is 0. The molecule has 1 heterocycles. The monoisotopic (exact) mass is 337 g/mol. The van der Waals surface area contributed by atoms with E-state index in [4.69, 9.17) is 9.47 Å². The predicted molar refractivity (Wildman–Crippen MR) is 101 cm³/mol. The summed E-state index contributed by atoms with van der Waals surface area (Å²) in [4.78, 5) is 14.8. The van der Waals surface area contributed by atoms with Crippen LogP contribution >= 0.6 is 0 Å². The van der Waals surface area contributed by atoms with Gasteiger partial charge in [-0.25, -0.2) is 0 Å². The van der Waals surface area contributed by atoms with Crippen LogP contribution in [-0.2, 0) is 4.79 Å². The van der Waals surface area contributed by atoms with E-state index in [2.05, 4.69) is 6.92 Å². The van der Waals surface area contributed by atoms with E-state index in [0.29, 0.717) is 12.1 Å². The molecular formula is C21H23NO3. The minimum atomic E-state index is 0.0403. The largest absolute Gasteiger partial charge is 0.496 e. The van der Waals surface area contributed by atoms with E-state index < -0.39 is 0 Å². The molecule has 0 unspecified atom stereocenters. The average Bonchev–Trinajstić information content (AvgIpc) is 2.88. The van der Waals surface area contributed by atoms with Crippen molar-refractivity contribution in [2.75, 3.05) is 25.7 Å². The first-order chi connectivity index (χ1) is 12.1. The molecular weight excluding hydrogens is 314 g/mol. The molecule has 0 bridgehead atoms. The van der Waals surface area contributed by atoms with Gasteiger partial charge in [0.25, 0.3) is 5.91 Å². The lowest BCUT2D eigenvalue weighted by atomic mass is 10.0. The fourth-order valence-electron chi connectivity index (χ4n) is 3.35. The van der Waals surface area contributed by atoms with E-state index in [0.717, 1.165) is 40.3 Å². The molecule has 3 rings (SSSR count). The van der Waals surface area contributed by atoms with Gasteiger partial charge < -0.3 is 14.4 Å². The molecule has 0 aromatic heterocycles. The molecule has 4 nitrogen and oxygen atoms in total. The quantitative estimate of drug-likeness (QED) is 0.763. The van der Waals surface area contributed by atoms with Gasteiger partial charge in [0.1, 0.15) is 11.5 Å². The van der Waals surface area contributed by atoms with Gasteiger partial charge in [0.05, 0.1) is 19.9 Å². The molecule has 0 atom stereocenters. The summed E-state index contributed by atoms with van der Waals surface area (Å²) in [7, 11) is 3.27. The molecule has 0 fully saturated rings. The Labute approximate surface area is 148 Å². The van der Waals surface area contributed by atoms with Crippen molar-refractivity contribution in [1.82, 2.24) is 0 Å². The number of para-hydroxylation sites is 1. The third-order valence-electron chi connectivity index (χ3n) is 4.52. The van der Waals surface area contributed by atoms with E-state index >= 15 is 0 Å². The maximum atomic E-state index is 13.0. The highest BCUT2D eigenvalue weighted by atomic mass is 16.5. The van der Waals surface area contributed by atoms with Crippen LogP contribution < -0.4 is 14.4 Å². The summed E-state index contributed by atoms with van der Waals surface area (Å²) in [6.45, 7) is 4.74. The fourth-order valence-corrected chi connectivity index (χ4v) is 3.35. The van der Waals surface area contributed by atoms with Gasteiger partial charge in [-0.1, -0.05) is 25.1 Å². The lowest BCUT2D eigenvalue weighted by Crippen LogP contribution is -2.26. The Balaban J connectivity index is 2.13. The van der Waals surface area contributed by atoms with Crippen LogP contribution in [0.25, 0.3) is 11.6 Å². The summed E-state index contributed by atoms with van der Waals surface area (Å²) in [5, 5.41) is 0. The smallest absolute Gasteiger partial charge is 0.258 e. The number of benzene rings is 2. The molecule has 0 aliphatic carbocycles. The van der Waals surface area contributed by atoms with Crippen LogP contribution in [0, 0.1) is 6.92 Å². The molecule has 0 spiro atoms. The van der Waals surface area contributed by atoms with Crippen molar-refractivity contribution in [3.63, 3.8) is 0 Å². The number of fused-ring (bicyclic) bond motifs is 1. The van der Waals surface area contributed by atoms with Crippen molar-refractivity contribution >= 4 is 23.2 Å². The van der Waals surface area contributed by atoms with Crippen molar-refractivity contribution in [3.8, 4) is 11.5 Å². The van der Waals surface area contributed by atoms with Crippen LogP contribution in [0.4, 0.5) is 5.69 Å². The Kier molecular flexibility index (Phi) is 4.79. The van der Waals surface area contributed by atoms with Gasteiger partial charge in [0, 0.05) is 28.8 Å². The Morgan fingerprint density at radius 1 is 1.08 bits per heavy atom. The molecule has 0 radical (unpaired) electrons. The van der Waals surface area contributed by atoms with E-state index in [-0.39, 0.29) is 5.91 Å². The fraction of sp³-hybridized carbons (Fsp3) is 0.286. The van der Waals surface area contributed by atoms with Crippen LogP contribution in [0.15, 0.2) is 36.4 Å². The van der Waals surface area contributed by atoms with E-state index in [9.17, 15) is 4.79 Å². The third-order valence-corrected chi connectivity index (χ3v) is 4.52. The van der Waals surface area contributed by atoms with Gasteiger partial charge in [0.2, 0.25) is 0 Å². The average molecular weight is 337 g/mol. The third kappa shape index (κ3) is 2.88. The van der Waals surface area contributed by atoms with Gasteiger partial charge >= 0.3 is 0 Å². The number of amides is 1. The highest BCUT2D eigenvalue weighted by molar-refractivity contribution is 6.35. The second kappa shape index (κ2) is 7.01. The number of hydrogen-bond donors (Lipinski definition) is 0. The zero-order valence-electron chi connectivity index (χ0n) is 15.1. The minimum absolute atomic E-state index is 0.0403. The Bertz CT molecular complexity index is 839. The first-order valence-corrected chi connectivity index (χ1v) is 8.46. The van der Waals surface area contributed by atoms with Gasteiger partial charge in [-0.05, 0) is 37.6 Å². The van der Waals surface area contributed by atoms with Crippen molar-refractivity contribution in [1.29, 1.82) is 0 Å². The molecule has 25 heavy (non-hydrogen) atoms. The maximum absolute atomic E-state index is 13.0. The Morgan fingerprint density at radius 2 is 1.84 bits per heavy atom. The van der Waals surface area contributed by atoms with Gasteiger partial charge in [-0.2, -0.15) is 0 Å². The summed E-state index contributed by atoms with van der Waals surface area (Å²) in [5.41, 5.74) is 4.44. The van der Waals surface area contributed by atoms with Crippen molar-refractivity contribution in [2.45, 2.75) is 20.3 Å². The standard InChI is InChI=1S/C21H23NO3/c1-5-12-22-18-9-7-6-8-16(18)17(21(22)23)13-15-10-11-19(24-3)14(2)20(15)25-4/h6-11,13H,5,12H2,1-4H3/b17-13-. The minimum Gasteiger partial charge on any atom is -0.496 e. The summed E-state index contributed by atoms with van der Waals surface area (Å²) in [5.74, 6) is 1.54. The summed E-state index contributed by atoms with van der Waals surface area (Å²) in [6.07, 6.45) is 2.83. The second-order valence-corrected chi connectivity index (χ2v) is 6.05. The zero-order valence-corrected chi connectivity index (χ0v) is 15.1. The second-order valence-electron chi connectivity index (χ2n) is 6.05. The van der Waals surface area contributed by atoms with E-state index in [1.807, 2.05) is 54.3 Å². The number of carbonyl (C=O) groups excluding carboxylic acids is 1. The Hall–Kier alpha value is -2.75. The topological polar surface area (TPSA) is 38.8 Å². The number of nitrogens with zero attached hydrogens (tertiary/aromatic N) is 1. The molecule has 4 heteroatoms. The van der Waals surface area contributed by atoms with Crippen molar-refractivity contribution in [2.24, 2.45) is 0 Å². The molecule has 1 aliphatic rings. The summed E-state index contributed by atoms with van der Waals surface area (Å²) in [6, 6.07) is 11.8. The van der Waals surface area contributed by atoms with Gasteiger partial charge in [0.15, 0.2) is 0 Å². The number of carbonyl (C=O) groups is 1. The number of anilines is 1. The van der Waals surface area contributed by atoms with Crippen LogP contribution in [0.5, 0.6) is 11.5 Å². The number of methoxy groups -OCH3 is 2. The highest BCUT2D eigenvalue weighted by Gasteiger charge is 2.31. The lowest BCUT2D eigenvalue weighted by molar-refractivity contribution is -0.113. The molecule has 0 saturated carbocycles. The molecule has 2 aromatic rings. The molecule has 0 saturated heterocycles. The molecule has 0 N–H and O–H groups in total. The lowest BCUT2D eigenvalue weighted by Gasteiger charge is -2.15. The highest BCUT2D eigenvalue weighted by Crippen LogP contribution is 2.40. The molecule has 1 aliphatic heterocycles. The van der Waals surface area contributed by atoms with Gasteiger partial charge in [-0.3, -0.25) is 4.79 Å². The van der Waals surface area contributed by atoms with E-state index in [1.165, 1.54) is 0 Å². The molecule has 2 aromatic carbocycles. The van der Waals surface area contributed by atoms with Crippen LogP contribution in [-0.4, -0.2) is 26.7 Å².